The summed E-state index contributed by atoms with van der Waals surface area (Å²) < 4.78 is 27.8. The fourth-order valence-electron chi connectivity index (χ4n) is 3.57. The van der Waals surface area contributed by atoms with Crippen LogP contribution in [0.5, 0.6) is 0 Å². The van der Waals surface area contributed by atoms with Crippen molar-refractivity contribution in [3.63, 3.8) is 0 Å². The van der Waals surface area contributed by atoms with E-state index in [-0.39, 0.29) is 12.6 Å². The van der Waals surface area contributed by atoms with Crippen molar-refractivity contribution in [2.24, 2.45) is 5.92 Å². The Balaban J connectivity index is 1.89. The van der Waals surface area contributed by atoms with Crippen molar-refractivity contribution in [3.05, 3.63) is 17.0 Å². The highest BCUT2D eigenvalue weighted by Gasteiger charge is 2.40. The summed E-state index contributed by atoms with van der Waals surface area (Å²) in [5.74, 6) is 0.546. The monoisotopic (exact) mass is 315 g/mol. The SMILES string of the molecule is O=S(=O)(c1ccc(CO)s1)N1CCCC2CCCCC21. The third kappa shape index (κ3) is 2.54. The molecule has 0 amide bonds. The summed E-state index contributed by atoms with van der Waals surface area (Å²) in [5, 5.41) is 9.12. The minimum Gasteiger partial charge on any atom is -0.391 e. The van der Waals surface area contributed by atoms with Crippen LogP contribution < -0.4 is 0 Å². The topological polar surface area (TPSA) is 57.6 Å². The van der Waals surface area contributed by atoms with Gasteiger partial charge in [-0.15, -0.1) is 11.3 Å². The van der Waals surface area contributed by atoms with E-state index in [9.17, 15) is 8.42 Å². The zero-order valence-electron chi connectivity index (χ0n) is 11.5. The number of hydrogen-bond acceptors (Lipinski definition) is 4. The zero-order chi connectivity index (χ0) is 14.2. The lowest BCUT2D eigenvalue weighted by molar-refractivity contribution is 0.129. The minimum atomic E-state index is -3.38. The van der Waals surface area contributed by atoms with Crippen molar-refractivity contribution < 1.29 is 13.5 Å². The molecule has 2 unspecified atom stereocenters. The lowest BCUT2D eigenvalue weighted by atomic mass is 9.79. The van der Waals surface area contributed by atoms with Gasteiger partial charge in [0.25, 0.3) is 10.0 Å². The Hall–Kier alpha value is -0.430. The number of nitrogens with zero attached hydrogens (tertiary/aromatic N) is 1. The Morgan fingerprint density at radius 1 is 1.20 bits per heavy atom. The van der Waals surface area contributed by atoms with Crippen LogP contribution in [0.2, 0.25) is 0 Å². The van der Waals surface area contributed by atoms with Crippen LogP contribution in [-0.4, -0.2) is 30.4 Å². The highest BCUT2D eigenvalue weighted by Crippen LogP contribution is 2.39. The van der Waals surface area contributed by atoms with Crippen LogP contribution in [0.3, 0.4) is 0 Å². The maximum atomic E-state index is 12.8. The molecule has 2 heterocycles. The Labute approximate surface area is 124 Å². The second kappa shape index (κ2) is 5.75. The summed E-state index contributed by atoms with van der Waals surface area (Å²) >= 11 is 1.19. The van der Waals surface area contributed by atoms with Crippen molar-refractivity contribution in [2.75, 3.05) is 6.54 Å². The average Bonchev–Trinajstić information content (AvgIpc) is 2.96. The Kier molecular flexibility index (Phi) is 4.17. The number of sulfonamides is 1. The molecule has 1 aliphatic heterocycles. The number of aliphatic hydroxyl groups excluding tert-OH is 1. The van der Waals surface area contributed by atoms with Crippen LogP contribution >= 0.6 is 11.3 Å². The first-order valence-electron chi connectivity index (χ1n) is 7.34. The molecule has 0 spiro atoms. The number of hydrogen-bond donors (Lipinski definition) is 1. The van der Waals surface area contributed by atoms with Gasteiger partial charge in [0.1, 0.15) is 4.21 Å². The molecule has 4 nitrogen and oxygen atoms in total. The lowest BCUT2D eigenvalue weighted by Crippen LogP contribution is -2.49. The molecule has 1 aliphatic carbocycles. The molecular weight excluding hydrogens is 294 g/mol. The van der Waals surface area contributed by atoms with E-state index in [0.717, 1.165) is 19.3 Å². The quantitative estimate of drug-likeness (QED) is 0.932. The van der Waals surface area contributed by atoms with Gasteiger partial charge in [0.2, 0.25) is 0 Å². The molecule has 2 atom stereocenters. The molecule has 1 aromatic heterocycles. The Bertz CT molecular complexity index is 565. The number of thiophene rings is 1. The van der Waals surface area contributed by atoms with E-state index in [2.05, 4.69) is 0 Å². The largest absolute Gasteiger partial charge is 0.391 e. The summed E-state index contributed by atoms with van der Waals surface area (Å²) in [6.07, 6.45) is 6.69. The molecule has 2 aliphatic rings. The predicted octanol–water partition coefficient (Wildman–Crippen LogP) is 2.58. The maximum absolute atomic E-state index is 12.8. The third-order valence-corrected chi connectivity index (χ3v) is 8.01. The summed E-state index contributed by atoms with van der Waals surface area (Å²) in [4.78, 5) is 0.709. The molecule has 1 saturated carbocycles. The van der Waals surface area contributed by atoms with Crippen molar-refractivity contribution in [1.29, 1.82) is 0 Å². The molecule has 0 radical (unpaired) electrons. The summed E-state index contributed by atoms with van der Waals surface area (Å²) in [6, 6.07) is 3.54. The van der Waals surface area contributed by atoms with Gasteiger partial charge >= 0.3 is 0 Å². The Morgan fingerprint density at radius 3 is 2.70 bits per heavy atom. The van der Waals surface area contributed by atoms with Gasteiger partial charge in [0.15, 0.2) is 0 Å². The van der Waals surface area contributed by atoms with Crippen LogP contribution in [0.4, 0.5) is 0 Å². The Morgan fingerprint density at radius 2 is 1.95 bits per heavy atom. The first-order chi connectivity index (χ1) is 9.63. The first-order valence-corrected chi connectivity index (χ1v) is 9.60. The molecule has 1 N–H and O–H groups in total. The highest BCUT2D eigenvalue weighted by molar-refractivity contribution is 7.91. The number of piperidine rings is 1. The molecule has 112 valence electrons. The van der Waals surface area contributed by atoms with Gasteiger partial charge in [-0.3, -0.25) is 0 Å². The lowest BCUT2D eigenvalue weighted by Gasteiger charge is -2.42. The maximum Gasteiger partial charge on any atom is 0.252 e. The van der Waals surface area contributed by atoms with Crippen molar-refractivity contribution in [3.8, 4) is 0 Å². The molecule has 6 heteroatoms. The second-order valence-electron chi connectivity index (χ2n) is 5.75. The molecule has 3 rings (SSSR count). The van der Waals surface area contributed by atoms with E-state index in [0.29, 0.717) is 21.5 Å². The minimum absolute atomic E-state index is 0.0910. The van der Waals surface area contributed by atoms with E-state index in [1.807, 2.05) is 0 Å². The predicted molar refractivity (Wildman–Crippen MR) is 79.1 cm³/mol. The fraction of sp³-hybridized carbons (Fsp3) is 0.714. The van der Waals surface area contributed by atoms with Gasteiger partial charge in [-0.05, 0) is 43.7 Å². The molecular formula is C14H21NO3S2. The van der Waals surface area contributed by atoms with Crippen LogP contribution in [0.1, 0.15) is 43.4 Å². The number of fused-ring (bicyclic) bond motifs is 1. The van der Waals surface area contributed by atoms with Crippen molar-refractivity contribution >= 4 is 21.4 Å². The summed E-state index contributed by atoms with van der Waals surface area (Å²) in [6.45, 7) is 0.558. The van der Waals surface area contributed by atoms with Crippen molar-refractivity contribution in [2.45, 2.75) is 55.4 Å². The standard InChI is InChI=1S/C14H21NO3S2/c16-10-12-7-8-14(19-12)20(17,18)15-9-3-5-11-4-1-2-6-13(11)15/h7-8,11,13,16H,1-6,9-10H2. The highest BCUT2D eigenvalue weighted by atomic mass is 32.2. The molecule has 2 fully saturated rings. The molecule has 1 aromatic rings. The smallest absolute Gasteiger partial charge is 0.252 e. The van der Waals surface area contributed by atoms with Crippen LogP contribution in [0, 0.1) is 5.92 Å². The third-order valence-electron chi connectivity index (χ3n) is 4.55. The van der Waals surface area contributed by atoms with Gasteiger partial charge in [0.05, 0.1) is 6.61 Å². The molecule has 20 heavy (non-hydrogen) atoms. The second-order valence-corrected chi connectivity index (χ2v) is 9.03. The van der Waals surface area contributed by atoms with E-state index in [1.165, 1.54) is 30.6 Å². The fourth-order valence-corrected chi connectivity index (χ4v) is 6.67. The van der Waals surface area contributed by atoms with E-state index < -0.39 is 10.0 Å². The molecule has 1 saturated heterocycles. The van der Waals surface area contributed by atoms with E-state index in [1.54, 1.807) is 16.4 Å². The van der Waals surface area contributed by atoms with Gasteiger partial charge < -0.3 is 5.11 Å². The van der Waals surface area contributed by atoms with Crippen LogP contribution in [-0.2, 0) is 16.6 Å². The van der Waals surface area contributed by atoms with E-state index in [4.69, 9.17) is 5.11 Å². The van der Waals surface area contributed by atoms with Gasteiger partial charge in [0, 0.05) is 17.5 Å². The van der Waals surface area contributed by atoms with E-state index >= 15 is 0 Å². The summed E-state index contributed by atoms with van der Waals surface area (Å²) in [5.41, 5.74) is 0. The number of rotatable bonds is 3. The molecule has 0 aromatic carbocycles. The van der Waals surface area contributed by atoms with Crippen molar-refractivity contribution in [1.82, 2.24) is 4.31 Å². The van der Waals surface area contributed by atoms with Gasteiger partial charge in [-0.25, -0.2) is 8.42 Å². The van der Waals surface area contributed by atoms with Gasteiger partial charge in [-0.2, -0.15) is 4.31 Å². The average molecular weight is 315 g/mol. The normalized spacial score (nSPS) is 28.2. The molecule has 0 bridgehead atoms. The zero-order valence-corrected chi connectivity index (χ0v) is 13.1. The number of aliphatic hydroxyl groups is 1. The first kappa shape index (κ1) is 14.5. The van der Waals surface area contributed by atoms with Crippen LogP contribution in [0.15, 0.2) is 16.3 Å². The summed E-state index contributed by atoms with van der Waals surface area (Å²) in [7, 11) is -3.38. The van der Waals surface area contributed by atoms with Gasteiger partial charge in [-0.1, -0.05) is 12.8 Å². The van der Waals surface area contributed by atoms with Crippen LogP contribution in [0.25, 0.3) is 0 Å².